The summed E-state index contributed by atoms with van der Waals surface area (Å²) in [4.78, 5) is 0. The fourth-order valence-electron chi connectivity index (χ4n) is 2.16. The first-order valence-corrected chi connectivity index (χ1v) is 7.22. The van der Waals surface area contributed by atoms with Crippen molar-refractivity contribution in [2.75, 3.05) is 14.2 Å². The highest BCUT2D eigenvalue weighted by atomic mass is 35.5. The molecule has 3 nitrogen and oxygen atoms in total. The second kappa shape index (κ2) is 7.03. The van der Waals surface area contributed by atoms with Gasteiger partial charge in [0, 0.05) is 11.6 Å². The van der Waals surface area contributed by atoms with Gasteiger partial charge in [0.2, 0.25) is 0 Å². The van der Waals surface area contributed by atoms with Crippen LogP contribution in [0.1, 0.15) is 17.2 Å². The summed E-state index contributed by atoms with van der Waals surface area (Å²) in [5.74, 6) is 1.48. The lowest BCUT2D eigenvalue weighted by Gasteiger charge is -2.17. The molecule has 1 unspecified atom stereocenters. The van der Waals surface area contributed by atoms with E-state index < -0.39 is 0 Å². The molecule has 0 aliphatic rings. The summed E-state index contributed by atoms with van der Waals surface area (Å²) >= 11 is 12.0. The number of hydrogen-bond donors (Lipinski definition) is 1. The Kier molecular flexibility index (Phi) is 5.34. The van der Waals surface area contributed by atoms with Crippen LogP contribution in [0.2, 0.25) is 10.0 Å². The zero-order chi connectivity index (χ0) is 15.4. The first kappa shape index (κ1) is 16.0. The Balaban J connectivity index is 2.26. The molecule has 0 amide bonds. The third kappa shape index (κ3) is 3.82. The van der Waals surface area contributed by atoms with Crippen molar-refractivity contribution in [2.45, 2.75) is 12.5 Å². The van der Waals surface area contributed by atoms with Gasteiger partial charge in [-0.1, -0.05) is 29.3 Å². The molecule has 0 heterocycles. The van der Waals surface area contributed by atoms with Crippen LogP contribution in [0.4, 0.5) is 0 Å². The van der Waals surface area contributed by atoms with Gasteiger partial charge < -0.3 is 15.2 Å². The van der Waals surface area contributed by atoms with Crippen LogP contribution in [0.5, 0.6) is 11.5 Å². The molecule has 2 aromatic rings. The lowest BCUT2D eigenvalue weighted by Crippen LogP contribution is -2.14. The maximum absolute atomic E-state index is 6.30. The second-order valence-electron chi connectivity index (χ2n) is 4.67. The second-order valence-corrected chi connectivity index (χ2v) is 5.48. The Morgan fingerprint density at radius 2 is 1.76 bits per heavy atom. The van der Waals surface area contributed by atoms with Crippen LogP contribution in [0.15, 0.2) is 36.4 Å². The van der Waals surface area contributed by atoms with Gasteiger partial charge >= 0.3 is 0 Å². The first-order chi connectivity index (χ1) is 10.0. The quantitative estimate of drug-likeness (QED) is 0.893. The van der Waals surface area contributed by atoms with Crippen LogP contribution in [-0.4, -0.2) is 14.2 Å². The molecule has 21 heavy (non-hydrogen) atoms. The van der Waals surface area contributed by atoms with E-state index in [9.17, 15) is 0 Å². The smallest absolute Gasteiger partial charge is 0.123 e. The molecule has 0 aliphatic heterocycles. The molecule has 0 saturated heterocycles. The number of nitrogens with two attached hydrogens (primary N) is 1. The van der Waals surface area contributed by atoms with Crippen LogP contribution in [0.3, 0.4) is 0 Å². The first-order valence-electron chi connectivity index (χ1n) is 6.46. The van der Waals surface area contributed by atoms with Crippen molar-refractivity contribution in [3.63, 3.8) is 0 Å². The van der Waals surface area contributed by atoms with Crippen molar-refractivity contribution >= 4 is 23.2 Å². The molecule has 0 fully saturated rings. The summed E-state index contributed by atoms with van der Waals surface area (Å²) in [5.41, 5.74) is 8.21. The van der Waals surface area contributed by atoms with Gasteiger partial charge in [0.25, 0.3) is 0 Å². The molecule has 2 aromatic carbocycles. The highest BCUT2D eigenvalue weighted by molar-refractivity contribution is 6.42. The van der Waals surface area contributed by atoms with Gasteiger partial charge in [-0.25, -0.2) is 0 Å². The third-order valence-corrected chi connectivity index (χ3v) is 4.01. The van der Waals surface area contributed by atoms with E-state index in [2.05, 4.69) is 0 Å². The minimum atomic E-state index is -0.229. The Labute approximate surface area is 134 Å². The summed E-state index contributed by atoms with van der Waals surface area (Å²) in [6.45, 7) is 0. The summed E-state index contributed by atoms with van der Waals surface area (Å²) < 4.78 is 10.6. The van der Waals surface area contributed by atoms with Crippen LogP contribution in [0.25, 0.3) is 0 Å². The zero-order valence-corrected chi connectivity index (χ0v) is 13.4. The number of rotatable bonds is 5. The molecule has 2 rings (SSSR count). The van der Waals surface area contributed by atoms with E-state index in [0.717, 1.165) is 22.6 Å². The van der Waals surface area contributed by atoms with Gasteiger partial charge in [-0.3, -0.25) is 0 Å². The number of ether oxygens (including phenoxy) is 2. The SMILES string of the molecule is COc1ccc(OC)c(C(N)Cc2ccc(Cl)c(Cl)c2)c1. The standard InChI is InChI=1S/C16H17Cl2NO2/c1-20-11-4-6-16(21-2)12(9-11)15(19)8-10-3-5-13(17)14(18)7-10/h3-7,9,15H,8,19H2,1-2H3. The number of benzene rings is 2. The predicted molar refractivity (Wildman–Crippen MR) is 86.6 cm³/mol. The average Bonchev–Trinajstić information content (AvgIpc) is 2.50. The van der Waals surface area contributed by atoms with E-state index in [0.29, 0.717) is 16.5 Å². The Morgan fingerprint density at radius 1 is 1.00 bits per heavy atom. The highest BCUT2D eigenvalue weighted by Gasteiger charge is 2.14. The van der Waals surface area contributed by atoms with Crippen LogP contribution < -0.4 is 15.2 Å². The van der Waals surface area contributed by atoms with Crippen LogP contribution in [-0.2, 0) is 6.42 Å². The van der Waals surface area contributed by atoms with Crippen molar-refractivity contribution in [3.05, 3.63) is 57.6 Å². The van der Waals surface area contributed by atoms with Gasteiger partial charge in [0.05, 0.1) is 24.3 Å². The molecular weight excluding hydrogens is 309 g/mol. The van der Waals surface area contributed by atoms with Crippen LogP contribution >= 0.6 is 23.2 Å². The third-order valence-electron chi connectivity index (χ3n) is 3.28. The monoisotopic (exact) mass is 325 g/mol. The van der Waals surface area contributed by atoms with Gasteiger partial charge in [-0.05, 0) is 42.3 Å². The van der Waals surface area contributed by atoms with Crippen LogP contribution in [0, 0.1) is 0 Å². The molecule has 0 aliphatic carbocycles. The number of hydrogen-bond acceptors (Lipinski definition) is 3. The molecule has 0 radical (unpaired) electrons. The van der Waals surface area contributed by atoms with Gasteiger partial charge in [0.1, 0.15) is 11.5 Å². The Morgan fingerprint density at radius 3 is 2.38 bits per heavy atom. The van der Waals surface area contributed by atoms with Crippen molar-refractivity contribution in [2.24, 2.45) is 5.73 Å². The largest absolute Gasteiger partial charge is 0.497 e. The summed E-state index contributed by atoms with van der Waals surface area (Å²) in [6.07, 6.45) is 0.625. The lowest BCUT2D eigenvalue weighted by atomic mass is 9.98. The fourth-order valence-corrected chi connectivity index (χ4v) is 2.48. The minimum absolute atomic E-state index is 0.229. The van der Waals surface area contributed by atoms with Crippen molar-refractivity contribution in [1.82, 2.24) is 0 Å². The molecule has 112 valence electrons. The molecular formula is C16H17Cl2NO2. The van der Waals surface area contributed by atoms with E-state index in [-0.39, 0.29) is 6.04 Å². The van der Waals surface area contributed by atoms with Crippen molar-refractivity contribution in [1.29, 1.82) is 0 Å². The van der Waals surface area contributed by atoms with E-state index in [1.807, 2.05) is 30.3 Å². The van der Waals surface area contributed by atoms with Crippen molar-refractivity contribution < 1.29 is 9.47 Å². The molecule has 2 N–H and O–H groups in total. The summed E-state index contributed by atoms with van der Waals surface area (Å²) in [6, 6.07) is 10.9. The zero-order valence-electron chi connectivity index (χ0n) is 11.9. The Bertz CT molecular complexity index is 632. The number of methoxy groups -OCH3 is 2. The topological polar surface area (TPSA) is 44.5 Å². The van der Waals surface area contributed by atoms with E-state index in [4.69, 9.17) is 38.4 Å². The van der Waals surface area contributed by atoms with E-state index in [1.165, 1.54) is 0 Å². The maximum Gasteiger partial charge on any atom is 0.123 e. The lowest BCUT2D eigenvalue weighted by molar-refractivity contribution is 0.395. The average molecular weight is 326 g/mol. The molecule has 0 spiro atoms. The van der Waals surface area contributed by atoms with E-state index >= 15 is 0 Å². The number of halogens is 2. The van der Waals surface area contributed by atoms with Crippen molar-refractivity contribution in [3.8, 4) is 11.5 Å². The van der Waals surface area contributed by atoms with Gasteiger partial charge in [-0.15, -0.1) is 0 Å². The highest BCUT2D eigenvalue weighted by Crippen LogP contribution is 2.31. The normalized spacial score (nSPS) is 12.0. The van der Waals surface area contributed by atoms with Gasteiger partial charge in [-0.2, -0.15) is 0 Å². The minimum Gasteiger partial charge on any atom is -0.497 e. The Hall–Kier alpha value is -1.42. The molecule has 5 heteroatoms. The molecule has 0 aromatic heterocycles. The maximum atomic E-state index is 6.30. The van der Waals surface area contributed by atoms with E-state index in [1.54, 1.807) is 20.3 Å². The van der Waals surface area contributed by atoms with Gasteiger partial charge in [0.15, 0.2) is 0 Å². The molecule has 0 saturated carbocycles. The predicted octanol–water partition coefficient (Wildman–Crippen LogP) is 4.25. The fraction of sp³-hybridized carbons (Fsp3) is 0.250. The molecule has 1 atom stereocenters. The summed E-state index contributed by atoms with van der Waals surface area (Å²) in [7, 11) is 3.24. The summed E-state index contributed by atoms with van der Waals surface area (Å²) in [5, 5.41) is 1.06. The molecule has 0 bridgehead atoms.